The summed E-state index contributed by atoms with van der Waals surface area (Å²) >= 11 is 1.31. The molecule has 7 nitrogen and oxygen atoms in total. The maximum atomic E-state index is 12.8. The number of rotatable bonds is 9. The van der Waals surface area contributed by atoms with E-state index < -0.39 is 0 Å². The average molecular weight is 461 g/mol. The Morgan fingerprint density at radius 3 is 2.42 bits per heavy atom. The number of furan rings is 1. The van der Waals surface area contributed by atoms with Crippen LogP contribution in [0.1, 0.15) is 30.6 Å². The van der Waals surface area contributed by atoms with E-state index in [2.05, 4.69) is 15.5 Å². The Morgan fingerprint density at radius 1 is 1.00 bits per heavy atom. The number of carbonyl (C=O) groups excluding carboxylic acids is 2. The number of ketones is 1. The van der Waals surface area contributed by atoms with Gasteiger partial charge in [0.2, 0.25) is 11.7 Å². The Hall–Kier alpha value is -3.65. The van der Waals surface area contributed by atoms with Crippen LogP contribution in [0, 0.1) is 5.92 Å². The van der Waals surface area contributed by atoms with Crippen molar-refractivity contribution in [3.63, 3.8) is 0 Å². The maximum Gasteiger partial charge on any atom is 0.224 e. The summed E-state index contributed by atoms with van der Waals surface area (Å²) in [6.07, 6.45) is 2.05. The van der Waals surface area contributed by atoms with Crippen molar-refractivity contribution >= 4 is 29.1 Å². The Labute approximate surface area is 196 Å². The standard InChI is InChI=1S/C25H24N4O3S/c1-17(2)15-23(31)26-19-12-10-18(11-13-19)21(30)16-33-25-28-27-24(22-9-6-14-32-22)29(25)20-7-4-3-5-8-20/h3-14,17H,15-16H2,1-2H3,(H,26,31). The lowest BCUT2D eigenvalue weighted by Gasteiger charge is -2.09. The fourth-order valence-electron chi connectivity index (χ4n) is 3.27. The van der Waals surface area contributed by atoms with E-state index >= 15 is 0 Å². The molecular weight excluding hydrogens is 436 g/mol. The molecule has 0 spiro atoms. The van der Waals surface area contributed by atoms with Crippen molar-refractivity contribution in [1.29, 1.82) is 0 Å². The number of carbonyl (C=O) groups is 2. The number of amides is 1. The first-order chi connectivity index (χ1) is 16.0. The van der Waals surface area contributed by atoms with Gasteiger partial charge in [-0.1, -0.05) is 43.8 Å². The maximum absolute atomic E-state index is 12.8. The van der Waals surface area contributed by atoms with Crippen molar-refractivity contribution in [2.75, 3.05) is 11.1 Å². The van der Waals surface area contributed by atoms with Gasteiger partial charge in [-0.2, -0.15) is 0 Å². The van der Waals surface area contributed by atoms with Crippen LogP contribution in [0.4, 0.5) is 5.69 Å². The molecule has 1 N–H and O–H groups in total. The minimum Gasteiger partial charge on any atom is -0.461 e. The second-order valence-corrected chi connectivity index (χ2v) is 8.83. The SMILES string of the molecule is CC(C)CC(=O)Nc1ccc(C(=O)CSc2nnc(-c3ccco3)n2-c2ccccc2)cc1. The van der Waals surface area contributed by atoms with Crippen LogP contribution in [0.2, 0.25) is 0 Å². The quantitative estimate of drug-likeness (QED) is 0.262. The van der Waals surface area contributed by atoms with Gasteiger partial charge < -0.3 is 9.73 Å². The second kappa shape index (κ2) is 10.3. The molecule has 0 unspecified atom stereocenters. The Balaban J connectivity index is 1.47. The molecule has 2 aromatic heterocycles. The number of anilines is 1. The molecule has 8 heteroatoms. The number of nitrogens with zero attached hydrogens (tertiary/aromatic N) is 3. The predicted octanol–water partition coefficient (Wildman–Crippen LogP) is 5.49. The lowest BCUT2D eigenvalue weighted by molar-refractivity contribution is -0.116. The molecular formula is C25H24N4O3S. The van der Waals surface area contributed by atoms with Gasteiger partial charge >= 0.3 is 0 Å². The average Bonchev–Trinajstić information content (AvgIpc) is 3.48. The van der Waals surface area contributed by atoms with E-state index in [0.717, 1.165) is 5.69 Å². The van der Waals surface area contributed by atoms with Crippen LogP contribution >= 0.6 is 11.8 Å². The van der Waals surface area contributed by atoms with Gasteiger partial charge in [0.15, 0.2) is 16.7 Å². The van der Waals surface area contributed by atoms with E-state index in [1.165, 1.54) is 11.8 Å². The first-order valence-electron chi connectivity index (χ1n) is 10.6. The summed E-state index contributed by atoms with van der Waals surface area (Å²) in [7, 11) is 0. The van der Waals surface area contributed by atoms with E-state index in [1.54, 1.807) is 36.6 Å². The Morgan fingerprint density at radius 2 is 1.76 bits per heavy atom. The van der Waals surface area contributed by atoms with Crippen molar-refractivity contribution in [1.82, 2.24) is 14.8 Å². The Kier molecular flexibility index (Phi) is 7.04. The van der Waals surface area contributed by atoms with Gasteiger partial charge in [0.05, 0.1) is 12.0 Å². The molecule has 0 fully saturated rings. The second-order valence-electron chi connectivity index (χ2n) is 7.89. The summed E-state index contributed by atoms with van der Waals surface area (Å²) in [5.74, 6) is 1.58. The lowest BCUT2D eigenvalue weighted by Crippen LogP contribution is -2.14. The molecule has 0 saturated carbocycles. The molecule has 2 heterocycles. The fourth-order valence-corrected chi connectivity index (χ4v) is 4.12. The highest BCUT2D eigenvalue weighted by Crippen LogP contribution is 2.28. The highest BCUT2D eigenvalue weighted by molar-refractivity contribution is 7.99. The Bertz CT molecular complexity index is 1220. The van der Waals surface area contributed by atoms with Crippen LogP contribution in [0.3, 0.4) is 0 Å². The molecule has 33 heavy (non-hydrogen) atoms. The molecule has 4 rings (SSSR count). The molecule has 0 bridgehead atoms. The molecule has 168 valence electrons. The minimum absolute atomic E-state index is 0.0350. The monoisotopic (exact) mass is 460 g/mol. The largest absolute Gasteiger partial charge is 0.461 e. The summed E-state index contributed by atoms with van der Waals surface area (Å²) in [4.78, 5) is 24.7. The number of benzene rings is 2. The van der Waals surface area contributed by atoms with Crippen LogP contribution in [0.25, 0.3) is 17.3 Å². The van der Waals surface area contributed by atoms with E-state index in [-0.39, 0.29) is 23.4 Å². The van der Waals surface area contributed by atoms with Crippen molar-refractivity contribution in [2.24, 2.45) is 5.92 Å². The zero-order valence-electron chi connectivity index (χ0n) is 18.4. The van der Waals surface area contributed by atoms with Crippen molar-refractivity contribution < 1.29 is 14.0 Å². The highest BCUT2D eigenvalue weighted by Gasteiger charge is 2.19. The fraction of sp³-hybridized carbons (Fsp3) is 0.200. The molecule has 0 aliphatic heterocycles. The van der Waals surface area contributed by atoms with Gasteiger partial charge in [-0.05, 0) is 54.4 Å². The minimum atomic E-state index is -0.0396. The summed E-state index contributed by atoms with van der Waals surface area (Å²) in [6.45, 7) is 3.99. The van der Waals surface area contributed by atoms with E-state index in [9.17, 15) is 9.59 Å². The first-order valence-corrected chi connectivity index (χ1v) is 11.6. The molecule has 0 aliphatic rings. The molecule has 0 saturated heterocycles. The lowest BCUT2D eigenvalue weighted by atomic mass is 10.1. The molecule has 4 aromatic rings. The number of para-hydroxylation sites is 1. The number of aromatic nitrogens is 3. The van der Waals surface area contributed by atoms with Crippen molar-refractivity contribution in [3.05, 3.63) is 78.6 Å². The van der Waals surface area contributed by atoms with Crippen LogP contribution < -0.4 is 5.32 Å². The molecule has 0 aliphatic carbocycles. The van der Waals surface area contributed by atoms with Crippen LogP contribution in [-0.4, -0.2) is 32.2 Å². The smallest absolute Gasteiger partial charge is 0.224 e. The number of hydrogen-bond donors (Lipinski definition) is 1. The van der Waals surface area contributed by atoms with Crippen molar-refractivity contribution in [2.45, 2.75) is 25.4 Å². The molecule has 1 amide bonds. The highest BCUT2D eigenvalue weighted by atomic mass is 32.2. The van der Waals surface area contributed by atoms with E-state index in [4.69, 9.17) is 4.42 Å². The van der Waals surface area contributed by atoms with Crippen LogP contribution in [0.5, 0.6) is 0 Å². The zero-order chi connectivity index (χ0) is 23.2. The summed E-state index contributed by atoms with van der Waals surface area (Å²) in [5.41, 5.74) is 2.13. The molecule has 0 radical (unpaired) electrons. The third-order valence-corrected chi connectivity index (χ3v) is 5.73. The molecule has 2 aromatic carbocycles. The van der Waals surface area contributed by atoms with E-state index in [1.807, 2.05) is 54.8 Å². The summed E-state index contributed by atoms with van der Waals surface area (Å²) in [6, 6.07) is 20.3. The third-order valence-electron chi connectivity index (χ3n) is 4.81. The van der Waals surface area contributed by atoms with Gasteiger partial charge in [-0.25, -0.2) is 0 Å². The van der Waals surface area contributed by atoms with Crippen molar-refractivity contribution in [3.8, 4) is 17.3 Å². The van der Waals surface area contributed by atoms with Crippen LogP contribution in [0.15, 0.2) is 82.6 Å². The normalized spacial score (nSPS) is 11.0. The summed E-state index contributed by atoms with van der Waals surface area (Å²) in [5, 5.41) is 12.0. The van der Waals surface area contributed by atoms with Gasteiger partial charge in [0.1, 0.15) is 0 Å². The number of hydrogen-bond acceptors (Lipinski definition) is 6. The van der Waals surface area contributed by atoms with Crippen LogP contribution in [-0.2, 0) is 4.79 Å². The van der Waals surface area contributed by atoms with Gasteiger partial charge in [0.25, 0.3) is 0 Å². The van der Waals surface area contributed by atoms with Gasteiger partial charge in [0, 0.05) is 23.4 Å². The number of nitrogens with one attached hydrogen (secondary N) is 1. The predicted molar refractivity (Wildman–Crippen MR) is 129 cm³/mol. The number of thioether (sulfide) groups is 1. The zero-order valence-corrected chi connectivity index (χ0v) is 19.2. The number of Topliss-reactive ketones (excluding diaryl/α,β-unsaturated/α-hetero) is 1. The van der Waals surface area contributed by atoms with E-state index in [0.29, 0.717) is 34.4 Å². The van der Waals surface area contributed by atoms with Gasteiger partial charge in [-0.3, -0.25) is 14.2 Å². The first kappa shape index (κ1) is 22.5. The van der Waals surface area contributed by atoms with Gasteiger partial charge in [-0.15, -0.1) is 10.2 Å². The molecule has 0 atom stereocenters. The topological polar surface area (TPSA) is 90.0 Å². The summed E-state index contributed by atoms with van der Waals surface area (Å²) < 4.78 is 7.40. The third kappa shape index (κ3) is 5.59.